The van der Waals surface area contributed by atoms with Gasteiger partial charge in [0.25, 0.3) is 0 Å². The molecule has 1 aromatic carbocycles. The summed E-state index contributed by atoms with van der Waals surface area (Å²) in [6, 6.07) is 6.98. The highest BCUT2D eigenvalue weighted by molar-refractivity contribution is 5.79. The molecule has 4 nitrogen and oxygen atoms in total. The van der Waals surface area contributed by atoms with Crippen LogP contribution in [0, 0.1) is 11.7 Å². The SMILES string of the molecule is O=C(NC1CCOCC1)C1CCCN(Cc2cccc(F)c2)C1. The van der Waals surface area contributed by atoms with Crippen LogP contribution in [0.25, 0.3) is 0 Å². The Morgan fingerprint density at radius 3 is 2.91 bits per heavy atom. The fourth-order valence-corrected chi connectivity index (χ4v) is 3.47. The van der Waals surface area contributed by atoms with E-state index in [-0.39, 0.29) is 23.7 Å². The Balaban J connectivity index is 1.52. The van der Waals surface area contributed by atoms with Gasteiger partial charge in [-0.25, -0.2) is 4.39 Å². The predicted molar refractivity (Wildman–Crippen MR) is 86.4 cm³/mol. The van der Waals surface area contributed by atoms with Crippen LogP contribution >= 0.6 is 0 Å². The monoisotopic (exact) mass is 320 g/mol. The van der Waals surface area contributed by atoms with Crippen LogP contribution in [-0.2, 0) is 16.1 Å². The van der Waals surface area contributed by atoms with Gasteiger partial charge >= 0.3 is 0 Å². The van der Waals surface area contributed by atoms with Crippen molar-refractivity contribution in [2.75, 3.05) is 26.3 Å². The summed E-state index contributed by atoms with van der Waals surface area (Å²) in [5.74, 6) is 0.00863. The Kier molecular flexibility index (Phi) is 5.62. The molecule has 1 unspecified atom stereocenters. The van der Waals surface area contributed by atoms with Crippen molar-refractivity contribution in [3.63, 3.8) is 0 Å². The van der Waals surface area contributed by atoms with E-state index in [1.165, 1.54) is 6.07 Å². The Bertz CT molecular complexity index is 532. The van der Waals surface area contributed by atoms with E-state index in [9.17, 15) is 9.18 Å². The third kappa shape index (κ3) is 4.75. The molecule has 2 fully saturated rings. The molecule has 1 N–H and O–H groups in total. The summed E-state index contributed by atoms with van der Waals surface area (Å²) in [5, 5.41) is 3.18. The first-order valence-electron chi connectivity index (χ1n) is 8.55. The lowest BCUT2D eigenvalue weighted by atomic mass is 9.95. The summed E-state index contributed by atoms with van der Waals surface area (Å²) in [6.07, 6.45) is 3.77. The van der Waals surface area contributed by atoms with Gasteiger partial charge in [-0.15, -0.1) is 0 Å². The van der Waals surface area contributed by atoms with Crippen molar-refractivity contribution in [2.24, 2.45) is 5.92 Å². The molecule has 1 aromatic rings. The molecule has 0 bridgehead atoms. The highest BCUT2D eigenvalue weighted by Gasteiger charge is 2.27. The van der Waals surface area contributed by atoms with Crippen LogP contribution in [0.15, 0.2) is 24.3 Å². The Morgan fingerprint density at radius 1 is 1.30 bits per heavy atom. The van der Waals surface area contributed by atoms with Gasteiger partial charge in [-0.1, -0.05) is 12.1 Å². The molecular weight excluding hydrogens is 295 g/mol. The zero-order chi connectivity index (χ0) is 16.1. The van der Waals surface area contributed by atoms with Gasteiger partial charge in [-0.3, -0.25) is 9.69 Å². The minimum atomic E-state index is -0.201. The van der Waals surface area contributed by atoms with Gasteiger partial charge in [0.05, 0.1) is 5.92 Å². The number of halogens is 1. The van der Waals surface area contributed by atoms with Crippen LogP contribution in [0.5, 0.6) is 0 Å². The van der Waals surface area contributed by atoms with E-state index in [0.29, 0.717) is 6.54 Å². The largest absolute Gasteiger partial charge is 0.381 e. The molecule has 0 radical (unpaired) electrons. The van der Waals surface area contributed by atoms with Crippen LogP contribution < -0.4 is 5.32 Å². The van der Waals surface area contributed by atoms with E-state index in [0.717, 1.165) is 57.6 Å². The Labute approximate surface area is 137 Å². The number of likely N-dealkylation sites (tertiary alicyclic amines) is 1. The van der Waals surface area contributed by atoms with Crippen molar-refractivity contribution in [2.45, 2.75) is 38.3 Å². The maximum Gasteiger partial charge on any atom is 0.224 e. The molecule has 0 aliphatic carbocycles. The van der Waals surface area contributed by atoms with Crippen LogP contribution in [0.3, 0.4) is 0 Å². The van der Waals surface area contributed by atoms with E-state index in [1.807, 2.05) is 6.07 Å². The lowest BCUT2D eigenvalue weighted by Crippen LogP contribution is -2.47. The fourth-order valence-electron chi connectivity index (χ4n) is 3.47. The molecule has 1 amide bonds. The van der Waals surface area contributed by atoms with Crippen molar-refractivity contribution in [1.29, 1.82) is 0 Å². The van der Waals surface area contributed by atoms with Gasteiger partial charge in [0.15, 0.2) is 0 Å². The number of ether oxygens (including phenoxy) is 1. The molecule has 0 spiro atoms. The summed E-state index contributed by atoms with van der Waals surface area (Å²) < 4.78 is 18.6. The standard InChI is InChI=1S/C18H25FN2O2/c19-16-5-1-3-14(11-16)12-21-8-2-4-15(13-21)18(22)20-17-6-9-23-10-7-17/h1,3,5,11,15,17H,2,4,6-10,12-13H2,(H,20,22). The van der Waals surface area contributed by atoms with E-state index < -0.39 is 0 Å². The molecule has 1 atom stereocenters. The van der Waals surface area contributed by atoms with E-state index >= 15 is 0 Å². The quantitative estimate of drug-likeness (QED) is 0.926. The first kappa shape index (κ1) is 16.4. The average molecular weight is 320 g/mol. The van der Waals surface area contributed by atoms with Crippen molar-refractivity contribution < 1.29 is 13.9 Å². The normalized spacial score (nSPS) is 23.6. The number of carbonyl (C=O) groups is 1. The second-order valence-corrected chi connectivity index (χ2v) is 6.60. The molecule has 2 aliphatic heterocycles. The predicted octanol–water partition coefficient (Wildman–Crippen LogP) is 2.33. The molecule has 3 rings (SSSR count). The maximum absolute atomic E-state index is 13.3. The van der Waals surface area contributed by atoms with Crippen molar-refractivity contribution in [3.05, 3.63) is 35.6 Å². The third-order valence-electron chi connectivity index (χ3n) is 4.74. The van der Waals surface area contributed by atoms with Crippen LogP contribution in [0.1, 0.15) is 31.2 Å². The molecule has 2 saturated heterocycles. The molecule has 0 aromatic heterocycles. The molecule has 2 heterocycles. The number of benzene rings is 1. The second-order valence-electron chi connectivity index (χ2n) is 6.60. The number of hydrogen-bond acceptors (Lipinski definition) is 3. The Morgan fingerprint density at radius 2 is 2.13 bits per heavy atom. The number of nitrogens with zero attached hydrogens (tertiary/aromatic N) is 1. The van der Waals surface area contributed by atoms with Gasteiger partial charge in [0.1, 0.15) is 5.82 Å². The van der Waals surface area contributed by atoms with E-state index in [4.69, 9.17) is 4.74 Å². The van der Waals surface area contributed by atoms with Gasteiger partial charge in [-0.2, -0.15) is 0 Å². The number of hydrogen-bond donors (Lipinski definition) is 1. The maximum atomic E-state index is 13.3. The second kappa shape index (κ2) is 7.88. The van der Waals surface area contributed by atoms with Gasteiger partial charge in [0.2, 0.25) is 5.91 Å². The third-order valence-corrected chi connectivity index (χ3v) is 4.74. The summed E-state index contributed by atoms with van der Waals surface area (Å²) in [5.41, 5.74) is 0.968. The number of carbonyl (C=O) groups excluding carboxylic acids is 1. The zero-order valence-electron chi connectivity index (χ0n) is 13.5. The topological polar surface area (TPSA) is 41.6 Å². The summed E-state index contributed by atoms with van der Waals surface area (Å²) in [6.45, 7) is 3.91. The lowest BCUT2D eigenvalue weighted by molar-refractivity contribution is -0.128. The molecule has 0 saturated carbocycles. The summed E-state index contributed by atoms with van der Waals surface area (Å²) in [7, 11) is 0. The van der Waals surface area contributed by atoms with Gasteiger partial charge in [0, 0.05) is 32.3 Å². The minimum Gasteiger partial charge on any atom is -0.381 e. The summed E-state index contributed by atoms with van der Waals surface area (Å²) in [4.78, 5) is 14.7. The van der Waals surface area contributed by atoms with Crippen LogP contribution in [0.4, 0.5) is 4.39 Å². The van der Waals surface area contributed by atoms with E-state index in [1.54, 1.807) is 12.1 Å². The van der Waals surface area contributed by atoms with Crippen LogP contribution in [-0.4, -0.2) is 43.2 Å². The first-order valence-corrected chi connectivity index (χ1v) is 8.55. The average Bonchev–Trinajstić information content (AvgIpc) is 2.56. The lowest BCUT2D eigenvalue weighted by Gasteiger charge is -2.33. The van der Waals surface area contributed by atoms with Crippen molar-refractivity contribution in [1.82, 2.24) is 10.2 Å². The number of rotatable bonds is 4. The zero-order valence-corrected chi connectivity index (χ0v) is 13.5. The molecule has 126 valence electrons. The van der Waals surface area contributed by atoms with Crippen molar-refractivity contribution in [3.8, 4) is 0 Å². The van der Waals surface area contributed by atoms with E-state index in [2.05, 4.69) is 10.2 Å². The van der Waals surface area contributed by atoms with Crippen molar-refractivity contribution >= 4 is 5.91 Å². The minimum absolute atomic E-state index is 0.0418. The first-order chi connectivity index (χ1) is 11.2. The number of piperidine rings is 1. The molecule has 5 heteroatoms. The smallest absolute Gasteiger partial charge is 0.224 e. The summed E-state index contributed by atoms with van der Waals surface area (Å²) >= 11 is 0. The number of amides is 1. The molecule has 23 heavy (non-hydrogen) atoms. The highest BCUT2D eigenvalue weighted by Crippen LogP contribution is 2.20. The van der Waals surface area contributed by atoms with Gasteiger partial charge in [-0.05, 0) is 49.9 Å². The fraction of sp³-hybridized carbons (Fsp3) is 0.611. The van der Waals surface area contributed by atoms with Crippen LogP contribution in [0.2, 0.25) is 0 Å². The Hall–Kier alpha value is -1.46. The highest BCUT2D eigenvalue weighted by atomic mass is 19.1. The van der Waals surface area contributed by atoms with Gasteiger partial charge < -0.3 is 10.1 Å². The molecule has 2 aliphatic rings. The number of nitrogens with one attached hydrogen (secondary N) is 1. The molecular formula is C18H25FN2O2.